The molecule has 1 unspecified atom stereocenters. The molecule has 0 spiro atoms. The number of rotatable bonds is 5. The maximum absolute atomic E-state index is 13.2. The van der Waals surface area contributed by atoms with Crippen molar-refractivity contribution in [1.29, 1.82) is 0 Å². The fourth-order valence-electron chi connectivity index (χ4n) is 2.13. The molecule has 2 N–H and O–H groups in total. The van der Waals surface area contributed by atoms with Crippen LogP contribution in [0.15, 0.2) is 48.5 Å². The van der Waals surface area contributed by atoms with Crippen molar-refractivity contribution in [2.75, 3.05) is 12.4 Å². The van der Waals surface area contributed by atoms with Crippen molar-refractivity contribution in [3.05, 3.63) is 65.7 Å². The topological polar surface area (TPSA) is 33.5 Å². The third-order valence-electron chi connectivity index (χ3n) is 3.62. The largest absolute Gasteiger partial charge is 0.324 e. The van der Waals surface area contributed by atoms with Crippen molar-refractivity contribution in [2.45, 2.75) is 19.5 Å². The van der Waals surface area contributed by atoms with E-state index >= 15 is 0 Å². The van der Waals surface area contributed by atoms with Crippen LogP contribution in [0.4, 0.5) is 14.5 Å². The first-order valence-corrected chi connectivity index (χ1v) is 7.09. The van der Waals surface area contributed by atoms with Crippen molar-refractivity contribution in [1.82, 2.24) is 0 Å². The Bertz CT molecular complexity index is 643. The standard InChI is InChI=1S/C17H18F2N2O/c1-12(17(22)20-16-8-6-14(18)7-9-16)21(2)11-13-4-3-5-15(19)10-13/h3-10,12H,11H2,1-2H3,(H,20,22)/p+1/t12-/m1/s1. The lowest BCUT2D eigenvalue weighted by Gasteiger charge is -2.21. The van der Waals surface area contributed by atoms with E-state index in [4.69, 9.17) is 0 Å². The zero-order chi connectivity index (χ0) is 16.1. The van der Waals surface area contributed by atoms with Gasteiger partial charge >= 0.3 is 0 Å². The normalized spacial score (nSPS) is 13.5. The van der Waals surface area contributed by atoms with Gasteiger partial charge in [-0.05, 0) is 43.3 Å². The number of anilines is 1. The van der Waals surface area contributed by atoms with Crippen LogP contribution in [0, 0.1) is 11.6 Å². The summed E-state index contributed by atoms with van der Waals surface area (Å²) in [5, 5.41) is 2.75. The minimum atomic E-state index is -0.347. The van der Waals surface area contributed by atoms with E-state index in [1.54, 1.807) is 13.0 Å². The first-order valence-electron chi connectivity index (χ1n) is 7.09. The molecule has 0 aliphatic rings. The Morgan fingerprint density at radius 2 is 1.82 bits per heavy atom. The number of quaternary nitrogens is 1. The molecule has 0 saturated carbocycles. The average Bonchev–Trinajstić information content (AvgIpc) is 2.48. The number of hydrogen-bond donors (Lipinski definition) is 2. The predicted molar refractivity (Wildman–Crippen MR) is 81.5 cm³/mol. The van der Waals surface area contributed by atoms with Crippen molar-refractivity contribution in [3.63, 3.8) is 0 Å². The maximum Gasteiger partial charge on any atom is 0.282 e. The Kier molecular flexibility index (Phi) is 5.22. The Morgan fingerprint density at radius 3 is 2.45 bits per heavy atom. The summed E-state index contributed by atoms with van der Waals surface area (Å²) < 4.78 is 26.0. The van der Waals surface area contributed by atoms with Gasteiger partial charge < -0.3 is 10.2 Å². The number of amides is 1. The predicted octanol–water partition coefficient (Wildman–Crippen LogP) is 2.01. The summed E-state index contributed by atoms with van der Waals surface area (Å²) in [5.41, 5.74) is 1.38. The summed E-state index contributed by atoms with van der Waals surface area (Å²) in [6.07, 6.45) is 0. The summed E-state index contributed by atoms with van der Waals surface area (Å²) in [6.45, 7) is 2.34. The fourth-order valence-corrected chi connectivity index (χ4v) is 2.13. The summed E-state index contributed by atoms with van der Waals surface area (Å²) in [4.78, 5) is 13.1. The van der Waals surface area contributed by atoms with E-state index in [2.05, 4.69) is 5.32 Å². The fraction of sp³-hybridized carbons (Fsp3) is 0.235. The average molecular weight is 305 g/mol. The molecule has 0 aliphatic carbocycles. The van der Waals surface area contributed by atoms with Crippen molar-refractivity contribution >= 4 is 11.6 Å². The lowest BCUT2D eigenvalue weighted by molar-refractivity contribution is -0.907. The Labute approximate surface area is 128 Å². The summed E-state index contributed by atoms with van der Waals surface area (Å²) in [5.74, 6) is -0.797. The van der Waals surface area contributed by atoms with E-state index in [0.717, 1.165) is 10.5 Å². The van der Waals surface area contributed by atoms with Crippen LogP contribution in [-0.4, -0.2) is 19.0 Å². The van der Waals surface area contributed by atoms with E-state index in [0.29, 0.717) is 12.2 Å². The summed E-state index contributed by atoms with van der Waals surface area (Å²) >= 11 is 0. The Morgan fingerprint density at radius 1 is 1.14 bits per heavy atom. The van der Waals surface area contributed by atoms with Crippen LogP contribution in [0.5, 0.6) is 0 Å². The zero-order valence-corrected chi connectivity index (χ0v) is 12.6. The van der Waals surface area contributed by atoms with Gasteiger partial charge in [-0.2, -0.15) is 0 Å². The van der Waals surface area contributed by atoms with Gasteiger partial charge in [0.25, 0.3) is 5.91 Å². The van der Waals surface area contributed by atoms with E-state index in [1.807, 2.05) is 13.1 Å². The van der Waals surface area contributed by atoms with Crippen molar-refractivity contribution < 1.29 is 18.5 Å². The van der Waals surface area contributed by atoms with Gasteiger partial charge in [-0.25, -0.2) is 8.78 Å². The van der Waals surface area contributed by atoms with Crippen LogP contribution < -0.4 is 10.2 Å². The van der Waals surface area contributed by atoms with Crippen LogP contribution in [0.25, 0.3) is 0 Å². The Balaban J connectivity index is 1.95. The van der Waals surface area contributed by atoms with Gasteiger partial charge in [0, 0.05) is 11.3 Å². The molecule has 0 aliphatic heterocycles. The third-order valence-corrected chi connectivity index (χ3v) is 3.62. The molecule has 0 heterocycles. The molecule has 2 aromatic rings. The molecule has 2 atom stereocenters. The minimum Gasteiger partial charge on any atom is -0.324 e. The van der Waals surface area contributed by atoms with Crippen LogP contribution in [0.2, 0.25) is 0 Å². The van der Waals surface area contributed by atoms with Crippen LogP contribution in [0.3, 0.4) is 0 Å². The second kappa shape index (κ2) is 7.13. The molecule has 0 aromatic heterocycles. The minimum absolute atomic E-state index is 0.166. The highest BCUT2D eigenvalue weighted by Gasteiger charge is 2.22. The quantitative estimate of drug-likeness (QED) is 0.870. The highest BCUT2D eigenvalue weighted by molar-refractivity contribution is 5.93. The first kappa shape index (κ1) is 16.1. The van der Waals surface area contributed by atoms with Crippen LogP contribution in [0.1, 0.15) is 12.5 Å². The van der Waals surface area contributed by atoms with Gasteiger partial charge in [-0.15, -0.1) is 0 Å². The van der Waals surface area contributed by atoms with Gasteiger partial charge in [0.15, 0.2) is 6.04 Å². The highest BCUT2D eigenvalue weighted by Crippen LogP contribution is 2.08. The van der Waals surface area contributed by atoms with Gasteiger partial charge in [0.05, 0.1) is 7.05 Å². The third kappa shape index (κ3) is 4.36. The molecule has 22 heavy (non-hydrogen) atoms. The molecule has 2 rings (SSSR count). The molecule has 3 nitrogen and oxygen atoms in total. The number of nitrogens with one attached hydrogen (secondary N) is 2. The molecule has 1 amide bonds. The molecule has 5 heteroatoms. The summed E-state index contributed by atoms with van der Waals surface area (Å²) in [7, 11) is 1.87. The molecule has 2 aromatic carbocycles. The van der Waals surface area contributed by atoms with Gasteiger partial charge in [0.1, 0.15) is 18.2 Å². The monoisotopic (exact) mass is 305 g/mol. The molecular formula is C17H19F2N2O+. The molecule has 116 valence electrons. The van der Waals surface area contributed by atoms with E-state index in [1.165, 1.54) is 36.4 Å². The summed E-state index contributed by atoms with van der Waals surface area (Å²) in [6, 6.07) is 11.6. The number of hydrogen-bond acceptors (Lipinski definition) is 1. The number of carbonyl (C=O) groups excluding carboxylic acids is 1. The van der Waals surface area contributed by atoms with Gasteiger partial charge in [0.2, 0.25) is 0 Å². The lowest BCUT2D eigenvalue weighted by atomic mass is 10.2. The number of halogens is 2. The van der Waals surface area contributed by atoms with Gasteiger partial charge in [-0.3, -0.25) is 4.79 Å². The molecule has 0 radical (unpaired) electrons. The first-order chi connectivity index (χ1) is 10.5. The Hall–Kier alpha value is -2.27. The van der Waals surface area contributed by atoms with Crippen LogP contribution >= 0.6 is 0 Å². The van der Waals surface area contributed by atoms with E-state index < -0.39 is 0 Å². The second-order valence-corrected chi connectivity index (χ2v) is 5.37. The SMILES string of the molecule is C[C@H](C(=O)Nc1ccc(F)cc1)[NH+](C)Cc1cccc(F)c1. The second-order valence-electron chi connectivity index (χ2n) is 5.37. The molecule has 0 fully saturated rings. The number of likely N-dealkylation sites (N-methyl/N-ethyl adjacent to an activating group) is 1. The van der Waals surface area contributed by atoms with E-state index in [-0.39, 0.29) is 23.6 Å². The number of carbonyl (C=O) groups is 1. The van der Waals surface area contributed by atoms with Crippen molar-refractivity contribution in [3.8, 4) is 0 Å². The maximum atomic E-state index is 13.2. The zero-order valence-electron chi connectivity index (χ0n) is 12.6. The lowest BCUT2D eigenvalue weighted by Crippen LogP contribution is -3.12. The molecule has 0 saturated heterocycles. The van der Waals surface area contributed by atoms with Crippen molar-refractivity contribution in [2.24, 2.45) is 0 Å². The smallest absolute Gasteiger partial charge is 0.282 e. The molecular weight excluding hydrogens is 286 g/mol. The molecule has 0 bridgehead atoms. The van der Waals surface area contributed by atoms with Crippen LogP contribution in [-0.2, 0) is 11.3 Å². The van der Waals surface area contributed by atoms with Gasteiger partial charge in [-0.1, -0.05) is 12.1 Å². The van der Waals surface area contributed by atoms with E-state index in [9.17, 15) is 13.6 Å². The number of benzene rings is 2. The highest BCUT2D eigenvalue weighted by atomic mass is 19.1.